The molecule has 48 heavy (non-hydrogen) atoms. The molecule has 0 fully saturated rings. The maximum Gasteiger partial charge on any atom is 0.519 e. The number of aliphatic hydroxyl groups is 2. The van der Waals surface area contributed by atoms with Crippen LogP contribution in [0.1, 0.15) is 66.3 Å². The van der Waals surface area contributed by atoms with Crippen molar-refractivity contribution in [3.8, 4) is 22.5 Å². The minimum atomic E-state index is -1.41. The third kappa shape index (κ3) is 9.12. The van der Waals surface area contributed by atoms with E-state index in [2.05, 4.69) is 46.8 Å². The number of hydrogen-bond donors (Lipinski definition) is 3. The highest BCUT2D eigenvalue weighted by atomic mass is 16.6. The summed E-state index contributed by atoms with van der Waals surface area (Å²) in [6.07, 6.45) is 1.37. The van der Waals surface area contributed by atoms with E-state index in [0.29, 0.717) is 24.6 Å². The number of nitrogens with zero attached hydrogens (tertiary/aromatic N) is 6. The molecule has 3 heterocycles. The molecular weight excluding hydrogens is 618 g/mol. The Morgan fingerprint density at radius 1 is 1.06 bits per heavy atom. The Labute approximate surface area is 278 Å². The molecule has 0 saturated carbocycles. The van der Waals surface area contributed by atoms with Crippen LogP contribution >= 0.6 is 0 Å². The number of quaternary nitrogens is 1. The van der Waals surface area contributed by atoms with Crippen molar-refractivity contribution in [2.24, 2.45) is 0 Å². The molecule has 0 radical (unpaired) electrons. The number of aromatic nitrogens is 6. The van der Waals surface area contributed by atoms with E-state index in [9.17, 15) is 14.7 Å². The number of aromatic amines is 1. The molecule has 0 bridgehead atoms. The van der Waals surface area contributed by atoms with Crippen LogP contribution in [0.5, 0.6) is 0 Å². The van der Waals surface area contributed by atoms with Gasteiger partial charge in [0.05, 0.1) is 27.7 Å². The molecule has 2 aromatic carbocycles. The first-order valence-electron chi connectivity index (χ1n) is 15.6. The average molecular weight is 663 g/mol. The number of ether oxygens (including phenoxy) is 1. The SMILES string of the molecule is CCCc1nc(C(C)(C)O)c(C(=O)OCc2oc(=O)oc2C)n1Cc1ccc(-c2ccccc2-c2nn[nH]n2)cc1.C[N+](C)(C)CCO. The molecule has 14 nitrogen and oxygen atoms in total. The predicted molar refractivity (Wildman–Crippen MR) is 177 cm³/mol. The number of imidazole rings is 1. The van der Waals surface area contributed by atoms with Gasteiger partial charge in [0.2, 0.25) is 5.82 Å². The fourth-order valence-corrected chi connectivity index (χ4v) is 4.90. The summed E-state index contributed by atoms with van der Waals surface area (Å²) >= 11 is 0. The number of carbonyl (C=O) groups excluding carboxylic acids is 1. The number of tetrazole rings is 1. The highest BCUT2D eigenvalue weighted by molar-refractivity contribution is 5.89. The maximum absolute atomic E-state index is 13.5. The van der Waals surface area contributed by atoms with Gasteiger partial charge in [0.25, 0.3) is 0 Å². The molecule has 0 spiro atoms. The fraction of sp³-hybridized carbons (Fsp3) is 0.412. The zero-order valence-electron chi connectivity index (χ0n) is 28.5. The summed E-state index contributed by atoms with van der Waals surface area (Å²) in [5.74, 6) is -0.0831. The van der Waals surface area contributed by atoms with Crippen molar-refractivity contribution in [2.45, 2.75) is 59.3 Å². The first-order valence-corrected chi connectivity index (χ1v) is 15.6. The number of carbonyl (C=O) groups is 1. The molecule has 14 heteroatoms. The number of hydrogen-bond acceptors (Lipinski definition) is 11. The van der Waals surface area contributed by atoms with E-state index in [1.807, 2.05) is 55.5 Å². The Morgan fingerprint density at radius 3 is 2.27 bits per heavy atom. The Balaban J connectivity index is 0.000000671. The molecule has 5 rings (SSSR count). The van der Waals surface area contributed by atoms with Crippen LogP contribution in [0.4, 0.5) is 0 Å². The molecule has 3 N–H and O–H groups in total. The topological polar surface area (TPSA) is 182 Å². The molecule has 0 saturated heterocycles. The molecule has 0 aliphatic heterocycles. The molecule has 0 unspecified atom stereocenters. The Kier molecular flexibility index (Phi) is 11.5. The molecule has 5 aromatic rings. The minimum absolute atomic E-state index is 0.115. The lowest BCUT2D eigenvalue weighted by molar-refractivity contribution is -0.870. The van der Waals surface area contributed by atoms with Crippen LogP contribution in [-0.2, 0) is 29.9 Å². The van der Waals surface area contributed by atoms with Crippen LogP contribution in [0.2, 0.25) is 0 Å². The van der Waals surface area contributed by atoms with Crippen LogP contribution in [0.3, 0.4) is 0 Å². The maximum atomic E-state index is 13.5. The predicted octanol–water partition coefficient (Wildman–Crippen LogP) is 3.85. The number of esters is 1. The lowest BCUT2D eigenvalue weighted by Gasteiger charge is -2.21. The summed E-state index contributed by atoms with van der Waals surface area (Å²) < 4.78 is 18.0. The smallest absolute Gasteiger partial charge is 0.453 e. The van der Waals surface area contributed by atoms with Gasteiger partial charge in [-0.2, -0.15) is 5.21 Å². The van der Waals surface area contributed by atoms with E-state index < -0.39 is 17.4 Å². The second kappa shape index (κ2) is 15.3. The number of H-pyrrole nitrogens is 1. The van der Waals surface area contributed by atoms with Gasteiger partial charge >= 0.3 is 11.8 Å². The van der Waals surface area contributed by atoms with Gasteiger partial charge in [-0.05, 0) is 49.1 Å². The van der Waals surface area contributed by atoms with E-state index >= 15 is 0 Å². The van der Waals surface area contributed by atoms with Crippen LogP contribution < -0.4 is 5.82 Å². The normalized spacial score (nSPS) is 11.7. The first-order chi connectivity index (χ1) is 22.7. The van der Waals surface area contributed by atoms with Crippen LogP contribution in [0.15, 0.2) is 62.2 Å². The third-order valence-corrected chi connectivity index (χ3v) is 7.35. The second-order valence-corrected chi connectivity index (χ2v) is 12.8. The van der Waals surface area contributed by atoms with Gasteiger partial charge in [0, 0.05) is 18.5 Å². The summed E-state index contributed by atoms with van der Waals surface area (Å²) in [5, 5.41) is 33.7. The molecule has 256 valence electrons. The van der Waals surface area contributed by atoms with Gasteiger partial charge in [-0.15, -0.1) is 10.2 Å². The van der Waals surface area contributed by atoms with Crippen molar-refractivity contribution in [1.82, 2.24) is 30.2 Å². The lowest BCUT2D eigenvalue weighted by Crippen LogP contribution is -2.36. The van der Waals surface area contributed by atoms with Gasteiger partial charge in [-0.3, -0.25) is 0 Å². The van der Waals surface area contributed by atoms with Crippen molar-refractivity contribution in [3.63, 3.8) is 0 Å². The third-order valence-electron chi connectivity index (χ3n) is 7.35. The van der Waals surface area contributed by atoms with E-state index in [4.69, 9.17) is 18.7 Å². The number of aliphatic hydroxyl groups excluding tert-OH is 1. The zero-order chi connectivity index (χ0) is 35.1. The van der Waals surface area contributed by atoms with Crippen molar-refractivity contribution >= 4 is 5.97 Å². The standard InChI is InChI=1S/C29H30N6O6.C5H14NO/c1-5-8-23-30-25(29(3,4)38)24(27(36)39-16-22-17(2)40-28(37)41-22)35(23)15-18-11-13-19(14-12-18)20-9-6-7-10-21(20)26-31-33-34-32-26;1-6(2,3)4-5-7/h6-7,9-14,38H,5,8,15-16H2,1-4H3,(H,31,32,33,34);7H,4-5H2,1-3H3/q;+1. The summed E-state index contributed by atoms with van der Waals surface area (Å²) in [4.78, 5) is 29.5. The number of aryl methyl sites for hydroxylation is 2. The highest BCUT2D eigenvalue weighted by Crippen LogP contribution is 2.31. The quantitative estimate of drug-likeness (QED) is 0.130. The number of nitrogens with one attached hydrogen (secondary N) is 1. The van der Waals surface area contributed by atoms with E-state index in [-0.39, 0.29) is 36.1 Å². The number of benzene rings is 2. The van der Waals surface area contributed by atoms with Crippen molar-refractivity contribution in [3.05, 3.63) is 93.4 Å². The fourth-order valence-electron chi connectivity index (χ4n) is 4.90. The van der Waals surface area contributed by atoms with Crippen LogP contribution in [-0.4, -0.2) is 85.1 Å². The summed E-state index contributed by atoms with van der Waals surface area (Å²) in [7, 11) is 6.16. The van der Waals surface area contributed by atoms with Crippen LogP contribution in [0, 0.1) is 6.92 Å². The molecule has 0 aliphatic carbocycles. The van der Waals surface area contributed by atoms with E-state index in [1.165, 1.54) is 0 Å². The van der Waals surface area contributed by atoms with Gasteiger partial charge in [0.1, 0.15) is 23.7 Å². The summed E-state index contributed by atoms with van der Waals surface area (Å²) in [5.41, 5.74) is 2.60. The van der Waals surface area contributed by atoms with Crippen molar-refractivity contribution in [2.75, 3.05) is 34.3 Å². The Morgan fingerprint density at radius 2 is 1.75 bits per heavy atom. The van der Waals surface area contributed by atoms with Gasteiger partial charge in [-0.1, -0.05) is 55.5 Å². The Bertz CT molecular complexity index is 1840. The summed E-state index contributed by atoms with van der Waals surface area (Å²) in [6.45, 7) is 7.83. The zero-order valence-corrected chi connectivity index (χ0v) is 28.5. The molecule has 3 aromatic heterocycles. The average Bonchev–Trinajstić information content (AvgIpc) is 3.76. The van der Waals surface area contributed by atoms with E-state index in [0.717, 1.165) is 39.7 Å². The molecule has 0 atom stereocenters. The number of rotatable bonds is 12. The van der Waals surface area contributed by atoms with E-state index in [1.54, 1.807) is 25.3 Å². The highest BCUT2D eigenvalue weighted by Gasteiger charge is 2.33. The first kappa shape index (κ1) is 35.9. The largest absolute Gasteiger partial charge is 0.519 e. The molecule has 0 aliphatic rings. The monoisotopic (exact) mass is 662 g/mol. The lowest BCUT2D eigenvalue weighted by atomic mass is 9.98. The van der Waals surface area contributed by atoms with Gasteiger partial charge < -0.3 is 32.8 Å². The van der Waals surface area contributed by atoms with Gasteiger partial charge in [-0.25, -0.2) is 14.6 Å². The summed E-state index contributed by atoms with van der Waals surface area (Å²) in [6, 6.07) is 15.7. The minimum Gasteiger partial charge on any atom is -0.453 e. The van der Waals surface area contributed by atoms with Gasteiger partial charge in [0.15, 0.2) is 23.8 Å². The molecular formula is C34H44N7O7+. The second-order valence-electron chi connectivity index (χ2n) is 12.8. The van der Waals surface area contributed by atoms with Crippen LogP contribution in [0.25, 0.3) is 22.5 Å². The van der Waals surface area contributed by atoms with Crippen molar-refractivity contribution in [1.29, 1.82) is 0 Å². The Hall–Kier alpha value is -4.92. The number of likely N-dealkylation sites (N-methyl/N-ethyl adjacent to an activating group) is 1. The van der Waals surface area contributed by atoms with Crippen molar-refractivity contribution < 1.29 is 33.1 Å². The molecule has 0 amide bonds.